The molecule has 1 aromatic heterocycles. The summed E-state index contributed by atoms with van der Waals surface area (Å²) in [7, 11) is 0. The van der Waals surface area contributed by atoms with Crippen LogP contribution in [0.5, 0.6) is 0 Å². The number of hydrogen-bond donors (Lipinski definition) is 1. The van der Waals surface area contributed by atoms with Crippen LogP contribution in [0.3, 0.4) is 0 Å². The smallest absolute Gasteiger partial charge is 0.149 e. The van der Waals surface area contributed by atoms with Gasteiger partial charge in [-0.3, -0.25) is 0 Å². The van der Waals surface area contributed by atoms with Crippen LogP contribution >= 0.6 is 0 Å². The normalized spacial score (nSPS) is 25.8. The minimum absolute atomic E-state index is 0.622. The Kier molecular flexibility index (Phi) is 1.94. The molecule has 3 nitrogen and oxygen atoms in total. The van der Waals surface area contributed by atoms with Gasteiger partial charge in [0.1, 0.15) is 5.82 Å². The van der Waals surface area contributed by atoms with Crippen LogP contribution in [0.15, 0.2) is 6.07 Å². The molecule has 1 saturated carbocycles. The summed E-state index contributed by atoms with van der Waals surface area (Å²) in [5, 5.41) is 11.5. The third-order valence-electron chi connectivity index (χ3n) is 2.67. The lowest BCUT2D eigenvalue weighted by Gasteiger charge is -2.04. The standard InChI is InChI=1S/C10H15N3/c1-6-5-10(13-12-8(6)3)11-9-4-7(9)2/h5,7,9H,4H2,1-3H3,(H,11,13). The zero-order chi connectivity index (χ0) is 9.42. The predicted molar refractivity (Wildman–Crippen MR) is 52.7 cm³/mol. The van der Waals surface area contributed by atoms with E-state index in [-0.39, 0.29) is 0 Å². The van der Waals surface area contributed by atoms with Gasteiger partial charge in [-0.05, 0) is 37.8 Å². The van der Waals surface area contributed by atoms with Crippen molar-refractivity contribution in [2.75, 3.05) is 5.32 Å². The van der Waals surface area contributed by atoms with Gasteiger partial charge < -0.3 is 5.32 Å². The van der Waals surface area contributed by atoms with Crippen LogP contribution in [0.1, 0.15) is 24.6 Å². The number of aryl methyl sites for hydroxylation is 2. The first-order valence-corrected chi connectivity index (χ1v) is 4.74. The van der Waals surface area contributed by atoms with Gasteiger partial charge >= 0.3 is 0 Å². The van der Waals surface area contributed by atoms with E-state index < -0.39 is 0 Å². The van der Waals surface area contributed by atoms with E-state index in [1.807, 2.05) is 6.92 Å². The summed E-state index contributed by atoms with van der Waals surface area (Å²) < 4.78 is 0. The van der Waals surface area contributed by atoms with E-state index in [2.05, 4.69) is 35.4 Å². The molecular weight excluding hydrogens is 162 g/mol. The molecule has 1 N–H and O–H groups in total. The maximum atomic E-state index is 4.09. The predicted octanol–water partition coefficient (Wildman–Crippen LogP) is 1.91. The molecular formula is C10H15N3. The summed E-state index contributed by atoms with van der Waals surface area (Å²) in [5.41, 5.74) is 2.21. The van der Waals surface area contributed by atoms with Gasteiger partial charge in [0, 0.05) is 6.04 Å². The zero-order valence-corrected chi connectivity index (χ0v) is 8.33. The summed E-state index contributed by atoms with van der Waals surface area (Å²) in [6.07, 6.45) is 1.26. The van der Waals surface area contributed by atoms with Crippen molar-refractivity contribution in [3.8, 4) is 0 Å². The fourth-order valence-electron chi connectivity index (χ4n) is 1.33. The average Bonchev–Trinajstić information content (AvgIpc) is 2.75. The molecule has 1 aromatic rings. The molecule has 13 heavy (non-hydrogen) atoms. The van der Waals surface area contributed by atoms with Gasteiger partial charge in [-0.1, -0.05) is 6.92 Å². The molecule has 0 aliphatic heterocycles. The van der Waals surface area contributed by atoms with Crippen LogP contribution in [0, 0.1) is 19.8 Å². The monoisotopic (exact) mass is 177 g/mol. The highest BCUT2D eigenvalue weighted by Crippen LogP contribution is 2.32. The zero-order valence-electron chi connectivity index (χ0n) is 8.33. The van der Waals surface area contributed by atoms with Gasteiger partial charge in [0.25, 0.3) is 0 Å². The summed E-state index contributed by atoms with van der Waals surface area (Å²) in [6.45, 7) is 6.28. The van der Waals surface area contributed by atoms with Gasteiger partial charge in [-0.15, -0.1) is 5.10 Å². The summed E-state index contributed by atoms with van der Waals surface area (Å²) in [6, 6.07) is 2.68. The minimum atomic E-state index is 0.622. The Bertz CT molecular complexity index is 322. The van der Waals surface area contributed by atoms with Crippen molar-refractivity contribution in [2.45, 2.75) is 33.2 Å². The van der Waals surface area contributed by atoms with E-state index in [0.717, 1.165) is 17.4 Å². The molecule has 0 amide bonds. The molecule has 1 aliphatic rings. The first-order chi connectivity index (χ1) is 6.16. The summed E-state index contributed by atoms with van der Waals surface area (Å²) in [4.78, 5) is 0. The van der Waals surface area contributed by atoms with Crippen LogP contribution in [0.4, 0.5) is 5.82 Å². The third kappa shape index (κ3) is 1.79. The maximum Gasteiger partial charge on any atom is 0.149 e. The van der Waals surface area contributed by atoms with Gasteiger partial charge in [-0.25, -0.2) is 0 Å². The van der Waals surface area contributed by atoms with Gasteiger partial charge in [-0.2, -0.15) is 5.10 Å². The molecule has 1 heterocycles. The van der Waals surface area contributed by atoms with Crippen molar-refractivity contribution < 1.29 is 0 Å². The molecule has 70 valence electrons. The molecule has 2 atom stereocenters. The highest BCUT2D eigenvalue weighted by atomic mass is 15.2. The molecule has 3 heteroatoms. The molecule has 1 aliphatic carbocycles. The molecule has 0 saturated heterocycles. The van der Waals surface area contributed by atoms with Crippen LogP contribution in [-0.2, 0) is 0 Å². The van der Waals surface area contributed by atoms with Crippen LogP contribution < -0.4 is 5.32 Å². The van der Waals surface area contributed by atoms with E-state index in [1.165, 1.54) is 12.0 Å². The fraction of sp³-hybridized carbons (Fsp3) is 0.600. The van der Waals surface area contributed by atoms with Crippen molar-refractivity contribution >= 4 is 5.82 Å². The van der Waals surface area contributed by atoms with Crippen molar-refractivity contribution in [3.63, 3.8) is 0 Å². The quantitative estimate of drug-likeness (QED) is 0.750. The minimum Gasteiger partial charge on any atom is -0.366 e. The number of nitrogens with zero attached hydrogens (tertiary/aromatic N) is 2. The molecule has 0 bridgehead atoms. The summed E-state index contributed by atoms with van der Waals surface area (Å²) in [5.74, 6) is 1.71. The molecule has 0 aromatic carbocycles. The Hall–Kier alpha value is -1.12. The van der Waals surface area contributed by atoms with Gasteiger partial charge in [0.05, 0.1) is 5.69 Å². The van der Waals surface area contributed by atoms with E-state index in [4.69, 9.17) is 0 Å². The van der Waals surface area contributed by atoms with E-state index in [9.17, 15) is 0 Å². The highest BCUT2D eigenvalue weighted by Gasteiger charge is 2.32. The van der Waals surface area contributed by atoms with Crippen molar-refractivity contribution in [1.82, 2.24) is 10.2 Å². The van der Waals surface area contributed by atoms with Crippen molar-refractivity contribution in [1.29, 1.82) is 0 Å². The van der Waals surface area contributed by atoms with E-state index in [1.54, 1.807) is 0 Å². The first-order valence-electron chi connectivity index (χ1n) is 4.74. The van der Waals surface area contributed by atoms with Crippen LogP contribution in [0.25, 0.3) is 0 Å². The number of aromatic nitrogens is 2. The fourth-order valence-corrected chi connectivity index (χ4v) is 1.33. The lowest BCUT2D eigenvalue weighted by atomic mass is 10.2. The molecule has 2 unspecified atom stereocenters. The van der Waals surface area contributed by atoms with Gasteiger partial charge in [0.2, 0.25) is 0 Å². The van der Waals surface area contributed by atoms with Crippen LogP contribution in [0.2, 0.25) is 0 Å². The average molecular weight is 177 g/mol. The number of anilines is 1. The lowest BCUT2D eigenvalue weighted by molar-refractivity contribution is 0.900. The number of nitrogens with one attached hydrogen (secondary N) is 1. The Morgan fingerprint density at radius 3 is 2.62 bits per heavy atom. The Balaban J connectivity index is 2.08. The number of rotatable bonds is 2. The third-order valence-corrected chi connectivity index (χ3v) is 2.67. The molecule has 0 radical (unpaired) electrons. The Labute approximate surface area is 78.6 Å². The second-order valence-electron chi connectivity index (χ2n) is 3.96. The second-order valence-corrected chi connectivity index (χ2v) is 3.96. The second kappa shape index (κ2) is 2.98. The van der Waals surface area contributed by atoms with Crippen LogP contribution in [-0.4, -0.2) is 16.2 Å². The van der Waals surface area contributed by atoms with Gasteiger partial charge in [0.15, 0.2) is 0 Å². The SMILES string of the molecule is Cc1cc(NC2CC2C)nnc1C. The molecule has 2 rings (SSSR count). The van der Waals surface area contributed by atoms with E-state index in [0.29, 0.717) is 6.04 Å². The summed E-state index contributed by atoms with van der Waals surface area (Å²) >= 11 is 0. The van der Waals surface area contributed by atoms with Crippen molar-refractivity contribution in [2.24, 2.45) is 5.92 Å². The topological polar surface area (TPSA) is 37.8 Å². The van der Waals surface area contributed by atoms with Crippen molar-refractivity contribution in [3.05, 3.63) is 17.3 Å². The van der Waals surface area contributed by atoms with E-state index >= 15 is 0 Å². The molecule has 0 spiro atoms. The maximum absolute atomic E-state index is 4.09. The largest absolute Gasteiger partial charge is 0.366 e. The first kappa shape index (κ1) is 8.48. The number of hydrogen-bond acceptors (Lipinski definition) is 3. The lowest BCUT2D eigenvalue weighted by Crippen LogP contribution is -2.07. The Morgan fingerprint density at radius 1 is 1.38 bits per heavy atom. The molecule has 1 fully saturated rings. The highest BCUT2D eigenvalue weighted by molar-refractivity contribution is 5.39. The Morgan fingerprint density at radius 2 is 2.08 bits per heavy atom.